The van der Waals surface area contributed by atoms with Crippen LogP contribution in [0.5, 0.6) is 23.0 Å². The third-order valence-electron chi connectivity index (χ3n) is 5.61. The maximum absolute atomic E-state index is 13.2. The van der Waals surface area contributed by atoms with Gasteiger partial charge < -0.3 is 29.6 Å². The number of fused-ring (bicyclic) bond motifs is 1. The standard InChI is InChI=1S/C28H26N2O6/c1-33-21-9-19(10-22(15-21)34-2)27(31)29-25-13-17-7-5-6-8-18(17)14-26(25)30-28(32)20-11-23(35-3)16-24(12-20)36-4/h5-16H,1-4H3,(H,29,31)(H,30,32). The molecule has 0 aliphatic carbocycles. The summed E-state index contributed by atoms with van der Waals surface area (Å²) in [5.74, 6) is 1.16. The zero-order valence-corrected chi connectivity index (χ0v) is 20.4. The molecule has 36 heavy (non-hydrogen) atoms. The van der Waals surface area contributed by atoms with Gasteiger partial charge in [0.2, 0.25) is 0 Å². The number of rotatable bonds is 8. The Morgan fingerprint density at radius 1 is 0.528 bits per heavy atom. The van der Waals surface area contributed by atoms with Crippen LogP contribution in [0.2, 0.25) is 0 Å². The summed E-state index contributed by atoms with van der Waals surface area (Å²) in [5.41, 5.74) is 1.55. The molecule has 0 spiro atoms. The lowest BCUT2D eigenvalue weighted by Gasteiger charge is -2.15. The molecule has 0 saturated heterocycles. The van der Waals surface area contributed by atoms with Crippen LogP contribution in [0.3, 0.4) is 0 Å². The van der Waals surface area contributed by atoms with Crippen molar-refractivity contribution in [2.45, 2.75) is 0 Å². The van der Waals surface area contributed by atoms with Gasteiger partial charge in [0.25, 0.3) is 11.8 Å². The van der Waals surface area contributed by atoms with E-state index in [0.29, 0.717) is 45.5 Å². The van der Waals surface area contributed by atoms with E-state index < -0.39 is 0 Å². The summed E-state index contributed by atoms with van der Waals surface area (Å²) >= 11 is 0. The highest BCUT2D eigenvalue weighted by molar-refractivity contribution is 6.12. The van der Waals surface area contributed by atoms with Crippen LogP contribution in [0.4, 0.5) is 11.4 Å². The minimum Gasteiger partial charge on any atom is -0.497 e. The molecule has 184 valence electrons. The molecular weight excluding hydrogens is 460 g/mol. The Morgan fingerprint density at radius 2 is 0.861 bits per heavy atom. The molecule has 4 aromatic carbocycles. The van der Waals surface area contributed by atoms with Crippen molar-refractivity contribution in [3.8, 4) is 23.0 Å². The van der Waals surface area contributed by atoms with Gasteiger partial charge in [0.15, 0.2) is 0 Å². The van der Waals surface area contributed by atoms with Crippen molar-refractivity contribution in [3.05, 3.63) is 83.9 Å². The zero-order valence-electron chi connectivity index (χ0n) is 20.4. The van der Waals surface area contributed by atoms with Gasteiger partial charge in [-0.15, -0.1) is 0 Å². The Bertz CT molecular complexity index is 1280. The van der Waals surface area contributed by atoms with Gasteiger partial charge >= 0.3 is 0 Å². The third kappa shape index (κ3) is 5.33. The molecule has 0 unspecified atom stereocenters. The number of carbonyl (C=O) groups excluding carboxylic acids is 2. The highest BCUT2D eigenvalue weighted by Crippen LogP contribution is 2.31. The van der Waals surface area contributed by atoms with Gasteiger partial charge in [-0.2, -0.15) is 0 Å². The SMILES string of the molecule is COc1cc(OC)cc(C(=O)Nc2cc3ccccc3cc2NC(=O)c2cc(OC)cc(OC)c2)c1. The molecule has 4 aromatic rings. The van der Waals surface area contributed by atoms with Crippen LogP contribution in [-0.4, -0.2) is 40.3 Å². The Balaban J connectivity index is 1.71. The van der Waals surface area contributed by atoms with Crippen LogP contribution in [0, 0.1) is 0 Å². The van der Waals surface area contributed by atoms with E-state index in [0.717, 1.165) is 10.8 Å². The van der Waals surface area contributed by atoms with Gasteiger partial charge in [-0.1, -0.05) is 24.3 Å². The molecule has 0 aliphatic heterocycles. The molecule has 0 fully saturated rings. The van der Waals surface area contributed by atoms with Gasteiger partial charge in [0.1, 0.15) is 23.0 Å². The molecule has 4 rings (SSSR count). The first-order valence-corrected chi connectivity index (χ1v) is 11.1. The first-order chi connectivity index (χ1) is 17.4. The average molecular weight is 487 g/mol. The van der Waals surface area contributed by atoms with Crippen molar-refractivity contribution in [2.24, 2.45) is 0 Å². The summed E-state index contributed by atoms with van der Waals surface area (Å²) in [4.78, 5) is 26.4. The van der Waals surface area contributed by atoms with Crippen molar-refractivity contribution >= 4 is 34.0 Å². The molecule has 0 saturated carbocycles. The number of nitrogens with one attached hydrogen (secondary N) is 2. The largest absolute Gasteiger partial charge is 0.497 e. The topological polar surface area (TPSA) is 95.1 Å². The van der Waals surface area contributed by atoms with E-state index in [1.54, 1.807) is 36.4 Å². The van der Waals surface area contributed by atoms with Crippen LogP contribution < -0.4 is 29.6 Å². The number of carbonyl (C=O) groups is 2. The van der Waals surface area contributed by atoms with Crippen LogP contribution in [0.1, 0.15) is 20.7 Å². The number of ether oxygens (including phenoxy) is 4. The van der Waals surface area contributed by atoms with Crippen molar-refractivity contribution in [3.63, 3.8) is 0 Å². The summed E-state index contributed by atoms with van der Waals surface area (Å²) in [5, 5.41) is 7.62. The van der Waals surface area contributed by atoms with E-state index in [1.165, 1.54) is 28.4 Å². The Morgan fingerprint density at radius 3 is 1.17 bits per heavy atom. The lowest BCUT2D eigenvalue weighted by Crippen LogP contribution is -2.17. The molecule has 2 N–H and O–H groups in total. The molecule has 0 aliphatic rings. The summed E-state index contributed by atoms with van der Waals surface area (Å²) in [7, 11) is 6.06. The predicted molar refractivity (Wildman–Crippen MR) is 139 cm³/mol. The number of anilines is 2. The minimum atomic E-state index is -0.388. The Kier molecular flexibility index (Phi) is 7.25. The fourth-order valence-corrected chi connectivity index (χ4v) is 3.71. The third-order valence-corrected chi connectivity index (χ3v) is 5.61. The minimum absolute atomic E-state index is 0.342. The highest BCUT2D eigenvalue weighted by atomic mass is 16.5. The average Bonchev–Trinajstić information content (AvgIpc) is 2.92. The molecule has 8 nitrogen and oxygen atoms in total. The molecule has 8 heteroatoms. The molecule has 0 atom stereocenters. The van der Waals surface area contributed by atoms with Gasteiger partial charge in [0, 0.05) is 23.3 Å². The summed E-state index contributed by atoms with van der Waals surface area (Å²) in [6.07, 6.45) is 0. The fraction of sp³-hybridized carbons (Fsp3) is 0.143. The number of benzene rings is 4. The van der Waals surface area contributed by atoms with Crippen LogP contribution in [0.15, 0.2) is 72.8 Å². The van der Waals surface area contributed by atoms with E-state index in [1.807, 2.05) is 36.4 Å². The van der Waals surface area contributed by atoms with Crippen molar-refractivity contribution in [1.82, 2.24) is 0 Å². The second kappa shape index (κ2) is 10.7. The lowest BCUT2D eigenvalue weighted by atomic mass is 10.1. The molecule has 0 heterocycles. The van der Waals surface area contributed by atoms with Gasteiger partial charge in [-0.25, -0.2) is 0 Å². The van der Waals surface area contributed by atoms with Gasteiger partial charge in [-0.05, 0) is 47.2 Å². The van der Waals surface area contributed by atoms with Crippen molar-refractivity contribution < 1.29 is 28.5 Å². The number of methoxy groups -OCH3 is 4. The number of amides is 2. The summed E-state index contributed by atoms with van der Waals surface area (Å²) in [6.45, 7) is 0. The molecule has 2 amide bonds. The molecular formula is C28H26N2O6. The van der Waals surface area contributed by atoms with E-state index in [9.17, 15) is 9.59 Å². The number of hydrogen-bond acceptors (Lipinski definition) is 6. The Labute approximate surface area is 208 Å². The maximum Gasteiger partial charge on any atom is 0.255 e. The van der Waals surface area contributed by atoms with E-state index in [2.05, 4.69) is 10.6 Å². The fourth-order valence-electron chi connectivity index (χ4n) is 3.71. The second-order valence-corrected chi connectivity index (χ2v) is 7.86. The monoisotopic (exact) mass is 486 g/mol. The maximum atomic E-state index is 13.2. The van der Waals surface area contributed by atoms with E-state index in [4.69, 9.17) is 18.9 Å². The quantitative estimate of drug-likeness (QED) is 0.347. The van der Waals surface area contributed by atoms with Crippen molar-refractivity contribution in [2.75, 3.05) is 39.1 Å². The zero-order chi connectivity index (χ0) is 25.7. The van der Waals surface area contributed by atoms with Crippen LogP contribution >= 0.6 is 0 Å². The summed E-state index contributed by atoms with van der Waals surface area (Å²) < 4.78 is 21.1. The molecule has 0 bridgehead atoms. The molecule has 0 aromatic heterocycles. The van der Waals surface area contributed by atoms with Gasteiger partial charge in [-0.3, -0.25) is 9.59 Å². The van der Waals surface area contributed by atoms with Gasteiger partial charge in [0.05, 0.1) is 39.8 Å². The first-order valence-electron chi connectivity index (χ1n) is 11.1. The Hall–Kier alpha value is -4.72. The van der Waals surface area contributed by atoms with Crippen molar-refractivity contribution in [1.29, 1.82) is 0 Å². The first kappa shape index (κ1) is 24.4. The molecule has 0 radical (unpaired) electrons. The smallest absolute Gasteiger partial charge is 0.255 e. The summed E-state index contributed by atoms with van der Waals surface area (Å²) in [6, 6.07) is 21.1. The normalized spacial score (nSPS) is 10.4. The van der Waals surface area contributed by atoms with E-state index in [-0.39, 0.29) is 11.8 Å². The van der Waals surface area contributed by atoms with E-state index >= 15 is 0 Å². The second-order valence-electron chi connectivity index (χ2n) is 7.86. The highest BCUT2D eigenvalue weighted by Gasteiger charge is 2.16. The number of hydrogen-bond donors (Lipinski definition) is 2. The van der Waals surface area contributed by atoms with Crippen LogP contribution in [0.25, 0.3) is 10.8 Å². The van der Waals surface area contributed by atoms with Crippen LogP contribution in [-0.2, 0) is 0 Å². The predicted octanol–water partition coefficient (Wildman–Crippen LogP) is 5.38. The lowest BCUT2D eigenvalue weighted by molar-refractivity contribution is 0.101.